The monoisotopic (exact) mass is 210 g/mol. The highest BCUT2D eigenvalue weighted by molar-refractivity contribution is 5.45. The summed E-state index contributed by atoms with van der Waals surface area (Å²) in [6.45, 7) is 8.65. The lowest BCUT2D eigenvalue weighted by molar-refractivity contribution is -0.109. The Morgan fingerprint density at radius 3 is 2.40 bits per heavy atom. The van der Waals surface area contributed by atoms with Crippen LogP contribution in [-0.4, -0.2) is 17.9 Å². The Hall–Kier alpha value is -1.38. The van der Waals surface area contributed by atoms with Gasteiger partial charge >= 0.3 is 0 Å². The first-order valence-corrected chi connectivity index (χ1v) is 5.50. The summed E-state index contributed by atoms with van der Waals surface area (Å²) in [7, 11) is 0. The van der Waals surface area contributed by atoms with Crippen molar-refractivity contribution in [1.29, 1.82) is 0 Å². The molecule has 0 atom stereocenters. The molecule has 1 aromatic rings. The number of nitrogens with one attached hydrogen (secondary N) is 1. The standard InChI is InChI=1S/C8H10N2O.2C2H6/c11-7-9-6-4-8-3-1-2-5-10-8;2*1-2/h1-3,5,7H,4,6H2,(H,9,11);2*1-2H3. The quantitative estimate of drug-likeness (QED) is 0.612. The van der Waals surface area contributed by atoms with E-state index in [9.17, 15) is 4.79 Å². The fourth-order valence-corrected chi connectivity index (χ4v) is 0.805. The van der Waals surface area contributed by atoms with Crippen LogP contribution in [0.15, 0.2) is 24.4 Å². The van der Waals surface area contributed by atoms with E-state index in [-0.39, 0.29) is 0 Å². The number of aromatic nitrogens is 1. The molecular weight excluding hydrogens is 188 g/mol. The molecule has 0 spiro atoms. The molecule has 0 bridgehead atoms. The lowest BCUT2D eigenvalue weighted by atomic mass is 10.3. The van der Waals surface area contributed by atoms with Crippen LogP contribution in [0.2, 0.25) is 0 Å². The summed E-state index contributed by atoms with van der Waals surface area (Å²) in [6.07, 6.45) is 3.23. The summed E-state index contributed by atoms with van der Waals surface area (Å²) >= 11 is 0. The summed E-state index contributed by atoms with van der Waals surface area (Å²) in [5.74, 6) is 0. The van der Waals surface area contributed by atoms with Crippen molar-refractivity contribution < 1.29 is 4.79 Å². The second-order valence-electron chi connectivity index (χ2n) is 2.14. The van der Waals surface area contributed by atoms with E-state index in [1.165, 1.54) is 0 Å². The van der Waals surface area contributed by atoms with Crippen LogP contribution in [0.3, 0.4) is 0 Å². The maximum absolute atomic E-state index is 9.86. The Bertz CT molecular complexity index is 212. The Balaban J connectivity index is 0. The minimum absolute atomic E-state index is 0.653. The maximum Gasteiger partial charge on any atom is 0.207 e. The Labute approximate surface area is 92.9 Å². The zero-order chi connectivity index (χ0) is 11.9. The number of rotatable bonds is 4. The van der Waals surface area contributed by atoms with Gasteiger partial charge in [-0.05, 0) is 12.1 Å². The van der Waals surface area contributed by atoms with Gasteiger partial charge in [0.2, 0.25) is 6.41 Å². The summed E-state index contributed by atoms with van der Waals surface area (Å²) in [5, 5.41) is 2.58. The fourth-order valence-electron chi connectivity index (χ4n) is 0.805. The van der Waals surface area contributed by atoms with E-state index in [2.05, 4.69) is 10.3 Å². The molecule has 0 aliphatic heterocycles. The number of nitrogens with zero attached hydrogens (tertiary/aromatic N) is 1. The van der Waals surface area contributed by atoms with Crippen LogP contribution in [-0.2, 0) is 11.2 Å². The molecule has 15 heavy (non-hydrogen) atoms. The Kier molecular flexibility index (Phi) is 16.2. The molecule has 1 aromatic heterocycles. The lowest BCUT2D eigenvalue weighted by Gasteiger charge is -1.97. The molecule has 3 heteroatoms. The Morgan fingerprint density at radius 1 is 1.27 bits per heavy atom. The zero-order valence-corrected chi connectivity index (χ0v) is 10.2. The normalized spacial score (nSPS) is 7.47. The van der Waals surface area contributed by atoms with Crippen molar-refractivity contribution >= 4 is 6.41 Å². The summed E-state index contributed by atoms with van der Waals surface area (Å²) in [6, 6.07) is 5.74. The van der Waals surface area contributed by atoms with E-state index in [1.807, 2.05) is 45.9 Å². The van der Waals surface area contributed by atoms with Gasteiger partial charge in [0.05, 0.1) is 0 Å². The van der Waals surface area contributed by atoms with E-state index >= 15 is 0 Å². The molecule has 0 saturated carbocycles. The Morgan fingerprint density at radius 2 is 1.93 bits per heavy atom. The van der Waals surface area contributed by atoms with Crippen molar-refractivity contribution in [3.8, 4) is 0 Å². The van der Waals surface area contributed by atoms with E-state index in [0.717, 1.165) is 12.1 Å². The molecule has 0 fully saturated rings. The minimum atomic E-state index is 0.653. The van der Waals surface area contributed by atoms with Crippen LogP contribution in [0, 0.1) is 0 Å². The molecule has 86 valence electrons. The van der Waals surface area contributed by atoms with Gasteiger partial charge in [-0.15, -0.1) is 0 Å². The van der Waals surface area contributed by atoms with Crippen LogP contribution in [0.1, 0.15) is 33.4 Å². The molecule has 1 amide bonds. The second kappa shape index (κ2) is 15.1. The van der Waals surface area contributed by atoms with Gasteiger partial charge in [0, 0.05) is 24.9 Å². The molecule has 1 N–H and O–H groups in total. The maximum atomic E-state index is 9.86. The van der Waals surface area contributed by atoms with E-state index < -0.39 is 0 Å². The first kappa shape index (κ1) is 16.1. The molecule has 0 aliphatic carbocycles. The van der Waals surface area contributed by atoms with Gasteiger partial charge in [-0.25, -0.2) is 0 Å². The smallest absolute Gasteiger partial charge is 0.207 e. The van der Waals surface area contributed by atoms with Crippen molar-refractivity contribution in [2.75, 3.05) is 6.54 Å². The largest absolute Gasteiger partial charge is 0.358 e. The van der Waals surface area contributed by atoms with Crippen molar-refractivity contribution in [3.05, 3.63) is 30.1 Å². The van der Waals surface area contributed by atoms with Crippen molar-refractivity contribution in [2.45, 2.75) is 34.1 Å². The molecule has 1 heterocycles. The predicted molar refractivity (Wildman–Crippen MR) is 64.7 cm³/mol. The molecule has 0 unspecified atom stereocenters. The van der Waals surface area contributed by atoms with E-state index in [4.69, 9.17) is 0 Å². The average molecular weight is 210 g/mol. The molecule has 1 rings (SSSR count). The summed E-state index contributed by atoms with van der Waals surface area (Å²) < 4.78 is 0. The number of pyridine rings is 1. The number of carbonyl (C=O) groups is 1. The van der Waals surface area contributed by atoms with Gasteiger partial charge in [-0.2, -0.15) is 0 Å². The molecule has 0 saturated heterocycles. The van der Waals surface area contributed by atoms with Crippen molar-refractivity contribution in [1.82, 2.24) is 10.3 Å². The number of carbonyl (C=O) groups excluding carboxylic acids is 1. The minimum Gasteiger partial charge on any atom is -0.358 e. The SMILES string of the molecule is CC.CC.O=CNCCc1ccccn1. The van der Waals surface area contributed by atoms with Gasteiger partial charge in [0.15, 0.2) is 0 Å². The van der Waals surface area contributed by atoms with Crippen molar-refractivity contribution in [3.63, 3.8) is 0 Å². The molecule has 0 aromatic carbocycles. The molecule has 0 aliphatic rings. The number of amides is 1. The average Bonchev–Trinajstić information content (AvgIpc) is 2.36. The van der Waals surface area contributed by atoms with Crippen LogP contribution in [0.5, 0.6) is 0 Å². The number of hydrogen-bond donors (Lipinski definition) is 1. The second-order valence-corrected chi connectivity index (χ2v) is 2.14. The van der Waals surface area contributed by atoms with Gasteiger partial charge in [0.25, 0.3) is 0 Å². The van der Waals surface area contributed by atoms with Crippen LogP contribution in [0.25, 0.3) is 0 Å². The third kappa shape index (κ3) is 10.5. The topological polar surface area (TPSA) is 42.0 Å². The van der Waals surface area contributed by atoms with E-state index in [1.54, 1.807) is 6.20 Å². The van der Waals surface area contributed by atoms with E-state index in [0.29, 0.717) is 13.0 Å². The highest BCUT2D eigenvalue weighted by Crippen LogP contribution is 1.92. The van der Waals surface area contributed by atoms with Crippen molar-refractivity contribution in [2.24, 2.45) is 0 Å². The van der Waals surface area contributed by atoms with Crippen LogP contribution >= 0.6 is 0 Å². The van der Waals surface area contributed by atoms with Gasteiger partial charge in [-0.1, -0.05) is 33.8 Å². The van der Waals surface area contributed by atoms with Gasteiger partial charge in [-0.3, -0.25) is 9.78 Å². The molecule has 0 radical (unpaired) electrons. The summed E-state index contributed by atoms with van der Waals surface area (Å²) in [4.78, 5) is 14.0. The third-order valence-electron chi connectivity index (χ3n) is 1.33. The third-order valence-corrected chi connectivity index (χ3v) is 1.33. The zero-order valence-electron chi connectivity index (χ0n) is 10.2. The van der Waals surface area contributed by atoms with Gasteiger partial charge in [0.1, 0.15) is 0 Å². The molecular formula is C12H22N2O. The first-order chi connectivity index (χ1) is 7.43. The van der Waals surface area contributed by atoms with Crippen LogP contribution in [0.4, 0.5) is 0 Å². The van der Waals surface area contributed by atoms with Crippen LogP contribution < -0.4 is 5.32 Å². The lowest BCUT2D eigenvalue weighted by Crippen LogP contribution is -2.14. The predicted octanol–water partition coefficient (Wildman–Crippen LogP) is 2.42. The highest BCUT2D eigenvalue weighted by Gasteiger charge is 1.89. The van der Waals surface area contributed by atoms with Gasteiger partial charge < -0.3 is 5.32 Å². The highest BCUT2D eigenvalue weighted by atomic mass is 16.1. The molecule has 3 nitrogen and oxygen atoms in total. The fraction of sp³-hybridized carbons (Fsp3) is 0.500. The number of hydrogen-bond acceptors (Lipinski definition) is 2. The first-order valence-electron chi connectivity index (χ1n) is 5.50. The summed E-state index contributed by atoms with van der Waals surface area (Å²) in [5.41, 5.74) is 1.00.